The van der Waals surface area contributed by atoms with Gasteiger partial charge in [0.25, 0.3) is 0 Å². The van der Waals surface area contributed by atoms with Crippen molar-refractivity contribution in [1.29, 1.82) is 0 Å². The molecule has 1 saturated carbocycles. The standard InChI is InChI=1S/C13H11F3N2O/c14-9-4-3-8(12(15)13(9)16)10-5-18-11(19-10)6-17-7-1-2-7/h3-5,7,17H,1-2,6H2. The fourth-order valence-electron chi connectivity index (χ4n) is 1.75. The first-order valence-electron chi connectivity index (χ1n) is 5.97. The van der Waals surface area contributed by atoms with Crippen LogP contribution in [-0.4, -0.2) is 11.0 Å². The molecule has 0 bridgehead atoms. The SMILES string of the molecule is Fc1ccc(-c2cnc(CNC3CC3)o2)c(F)c1F. The van der Waals surface area contributed by atoms with E-state index in [1.54, 1.807) is 0 Å². The van der Waals surface area contributed by atoms with Crippen molar-refractivity contribution in [2.24, 2.45) is 0 Å². The minimum atomic E-state index is -1.51. The van der Waals surface area contributed by atoms with Crippen LogP contribution in [0.2, 0.25) is 0 Å². The van der Waals surface area contributed by atoms with Gasteiger partial charge in [-0.3, -0.25) is 0 Å². The van der Waals surface area contributed by atoms with E-state index >= 15 is 0 Å². The van der Waals surface area contributed by atoms with E-state index in [9.17, 15) is 13.2 Å². The van der Waals surface area contributed by atoms with Crippen molar-refractivity contribution in [1.82, 2.24) is 10.3 Å². The predicted molar refractivity (Wildman–Crippen MR) is 61.7 cm³/mol. The van der Waals surface area contributed by atoms with Crippen LogP contribution in [0.1, 0.15) is 18.7 Å². The molecule has 0 atom stereocenters. The van der Waals surface area contributed by atoms with Crippen molar-refractivity contribution in [3.63, 3.8) is 0 Å². The van der Waals surface area contributed by atoms with Gasteiger partial charge < -0.3 is 9.73 Å². The molecule has 1 N–H and O–H groups in total. The van der Waals surface area contributed by atoms with E-state index < -0.39 is 17.5 Å². The lowest BCUT2D eigenvalue weighted by molar-refractivity contribution is 0.442. The molecule has 1 aromatic heterocycles. The molecule has 3 rings (SSSR count). The minimum Gasteiger partial charge on any atom is -0.439 e. The Kier molecular flexibility index (Phi) is 3.02. The zero-order valence-corrected chi connectivity index (χ0v) is 9.92. The molecule has 1 heterocycles. The molecule has 1 aliphatic rings. The summed E-state index contributed by atoms with van der Waals surface area (Å²) >= 11 is 0. The fourth-order valence-corrected chi connectivity index (χ4v) is 1.75. The van der Waals surface area contributed by atoms with Crippen LogP contribution < -0.4 is 5.32 Å². The smallest absolute Gasteiger partial charge is 0.208 e. The molecular formula is C13H11F3N2O. The Morgan fingerprint density at radius 3 is 2.74 bits per heavy atom. The summed E-state index contributed by atoms with van der Waals surface area (Å²) in [5.74, 6) is -3.52. The third-order valence-electron chi connectivity index (χ3n) is 2.97. The lowest BCUT2D eigenvalue weighted by atomic mass is 10.1. The normalized spacial score (nSPS) is 14.9. The molecule has 0 saturated heterocycles. The molecule has 0 spiro atoms. The molecule has 0 amide bonds. The van der Waals surface area contributed by atoms with E-state index in [-0.39, 0.29) is 11.3 Å². The van der Waals surface area contributed by atoms with Gasteiger partial charge in [0.15, 0.2) is 23.2 Å². The number of benzene rings is 1. The summed E-state index contributed by atoms with van der Waals surface area (Å²) in [5.41, 5.74) is -0.135. The number of nitrogens with one attached hydrogen (secondary N) is 1. The van der Waals surface area contributed by atoms with Gasteiger partial charge in [-0.2, -0.15) is 0 Å². The monoisotopic (exact) mass is 268 g/mol. The molecule has 0 unspecified atom stereocenters. The van der Waals surface area contributed by atoms with E-state index in [0.29, 0.717) is 18.5 Å². The van der Waals surface area contributed by atoms with Crippen molar-refractivity contribution in [3.05, 3.63) is 41.7 Å². The lowest BCUT2D eigenvalue weighted by Gasteiger charge is -2.01. The highest BCUT2D eigenvalue weighted by Crippen LogP contribution is 2.27. The summed E-state index contributed by atoms with van der Waals surface area (Å²) < 4.78 is 44.8. The Balaban J connectivity index is 1.83. The maximum Gasteiger partial charge on any atom is 0.208 e. The zero-order chi connectivity index (χ0) is 13.4. The van der Waals surface area contributed by atoms with Gasteiger partial charge in [-0.25, -0.2) is 18.2 Å². The molecule has 3 nitrogen and oxygen atoms in total. The van der Waals surface area contributed by atoms with Crippen molar-refractivity contribution >= 4 is 0 Å². The molecule has 100 valence electrons. The van der Waals surface area contributed by atoms with Crippen molar-refractivity contribution < 1.29 is 17.6 Å². The van der Waals surface area contributed by atoms with Crippen molar-refractivity contribution in [3.8, 4) is 11.3 Å². The molecule has 0 radical (unpaired) electrons. The Hall–Kier alpha value is -1.82. The van der Waals surface area contributed by atoms with Gasteiger partial charge in [0.1, 0.15) is 0 Å². The predicted octanol–water partition coefficient (Wildman–Crippen LogP) is 3.01. The number of halogens is 3. The van der Waals surface area contributed by atoms with Gasteiger partial charge in [-0.05, 0) is 25.0 Å². The molecule has 1 aromatic carbocycles. The second-order valence-corrected chi connectivity index (χ2v) is 4.50. The Labute approximate surface area is 107 Å². The highest BCUT2D eigenvalue weighted by Gasteiger charge is 2.22. The maximum absolute atomic E-state index is 13.6. The van der Waals surface area contributed by atoms with Crippen molar-refractivity contribution in [2.75, 3.05) is 0 Å². The minimum absolute atomic E-state index is 0.0870. The summed E-state index contributed by atoms with van der Waals surface area (Å²) in [6.45, 7) is 0.440. The van der Waals surface area contributed by atoms with E-state index in [1.165, 1.54) is 6.20 Å². The molecule has 0 aliphatic heterocycles. The highest BCUT2D eigenvalue weighted by molar-refractivity contribution is 5.57. The van der Waals surface area contributed by atoms with Crippen molar-refractivity contribution in [2.45, 2.75) is 25.4 Å². The second-order valence-electron chi connectivity index (χ2n) is 4.50. The molecule has 1 fully saturated rings. The van der Waals surface area contributed by atoms with Crippen LogP contribution in [-0.2, 0) is 6.54 Å². The molecule has 6 heteroatoms. The summed E-state index contributed by atoms with van der Waals surface area (Å²) in [7, 11) is 0. The first-order valence-corrected chi connectivity index (χ1v) is 5.97. The largest absolute Gasteiger partial charge is 0.439 e. The van der Waals surface area contributed by atoms with E-state index in [0.717, 1.165) is 25.0 Å². The molecular weight excluding hydrogens is 257 g/mol. The number of hydrogen-bond acceptors (Lipinski definition) is 3. The first-order chi connectivity index (χ1) is 9.15. The number of aromatic nitrogens is 1. The summed E-state index contributed by atoms with van der Waals surface area (Å²) in [6, 6.07) is 2.49. The van der Waals surface area contributed by atoms with E-state index in [2.05, 4.69) is 10.3 Å². The zero-order valence-electron chi connectivity index (χ0n) is 9.92. The van der Waals surface area contributed by atoms with Crippen LogP contribution in [0.15, 0.2) is 22.7 Å². The van der Waals surface area contributed by atoms with Crippen LogP contribution in [0.5, 0.6) is 0 Å². The van der Waals surface area contributed by atoms with Crippen LogP contribution >= 0.6 is 0 Å². The van der Waals surface area contributed by atoms with Gasteiger partial charge in [-0.15, -0.1) is 0 Å². The number of rotatable bonds is 4. The van der Waals surface area contributed by atoms with Gasteiger partial charge in [0.2, 0.25) is 5.89 Å². The van der Waals surface area contributed by atoms with Gasteiger partial charge in [-0.1, -0.05) is 0 Å². The number of oxazole rings is 1. The summed E-state index contributed by atoms with van der Waals surface area (Å²) in [5, 5.41) is 3.19. The summed E-state index contributed by atoms with van der Waals surface area (Å²) in [6.07, 6.45) is 3.57. The second kappa shape index (κ2) is 4.70. The average Bonchev–Trinajstić information content (AvgIpc) is 3.12. The third kappa shape index (κ3) is 2.49. The third-order valence-corrected chi connectivity index (χ3v) is 2.97. The van der Waals surface area contributed by atoms with Crippen LogP contribution in [0.4, 0.5) is 13.2 Å². The molecule has 1 aliphatic carbocycles. The molecule has 19 heavy (non-hydrogen) atoms. The average molecular weight is 268 g/mol. The number of hydrogen-bond donors (Lipinski definition) is 1. The van der Waals surface area contributed by atoms with Gasteiger partial charge in [0, 0.05) is 6.04 Å². The van der Waals surface area contributed by atoms with E-state index in [4.69, 9.17) is 4.42 Å². The van der Waals surface area contributed by atoms with Gasteiger partial charge >= 0.3 is 0 Å². The Morgan fingerprint density at radius 1 is 1.21 bits per heavy atom. The topological polar surface area (TPSA) is 38.1 Å². The first kappa shape index (κ1) is 12.2. The fraction of sp³-hybridized carbons (Fsp3) is 0.308. The van der Waals surface area contributed by atoms with Crippen LogP contribution in [0, 0.1) is 17.5 Å². The van der Waals surface area contributed by atoms with Crippen LogP contribution in [0.25, 0.3) is 11.3 Å². The lowest BCUT2D eigenvalue weighted by Crippen LogP contribution is -2.15. The van der Waals surface area contributed by atoms with Crippen LogP contribution in [0.3, 0.4) is 0 Å². The quantitative estimate of drug-likeness (QED) is 0.866. The Morgan fingerprint density at radius 2 is 2.00 bits per heavy atom. The highest BCUT2D eigenvalue weighted by atomic mass is 19.2. The Bertz CT molecular complexity index is 608. The summed E-state index contributed by atoms with van der Waals surface area (Å²) in [4.78, 5) is 3.97. The molecule has 2 aromatic rings. The maximum atomic E-state index is 13.6. The van der Waals surface area contributed by atoms with E-state index in [1.807, 2.05) is 0 Å². The number of nitrogens with zero attached hydrogens (tertiary/aromatic N) is 1. The van der Waals surface area contributed by atoms with Gasteiger partial charge in [0.05, 0.1) is 18.3 Å².